The quantitative estimate of drug-likeness (QED) is 0.789. The molecule has 19 heavy (non-hydrogen) atoms. The Morgan fingerprint density at radius 2 is 1.95 bits per heavy atom. The lowest BCUT2D eigenvalue weighted by atomic mass is 9.79. The molecule has 0 radical (unpaired) electrons. The minimum atomic E-state index is -2.48. The minimum Gasteiger partial charge on any atom is -0.546 e. The summed E-state index contributed by atoms with van der Waals surface area (Å²) in [6.07, 6.45) is 1.68. The molecule has 0 aliphatic heterocycles. The van der Waals surface area contributed by atoms with Crippen LogP contribution >= 0.6 is 0 Å². The number of carbonyl (C=O) groups excluding carboxylic acids is 1. The predicted octanol–water partition coefficient (Wildman–Crippen LogP) is 0.775. The number of carboxylic acid groups (broad SMARTS) is 1. The van der Waals surface area contributed by atoms with Crippen LogP contribution in [0.2, 0.25) is 0 Å². The molecule has 0 saturated heterocycles. The molecule has 2 aromatic rings. The third-order valence-electron chi connectivity index (χ3n) is 3.56. The molecule has 1 aliphatic carbocycles. The Morgan fingerprint density at radius 1 is 1.21 bits per heavy atom. The van der Waals surface area contributed by atoms with Gasteiger partial charge in [0, 0.05) is 5.56 Å². The highest BCUT2D eigenvalue weighted by Crippen LogP contribution is 2.39. The van der Waals surface area contributed by atoms with E-state index in [-0.39, 0.29) is 5.56 Å². The van der Waals surface area contributed by atoms with Crippen molar-refractivity contribution >= 4 is 16.7 Å². The van der Waals surface area contributed by atoms with E-state index in [1.807, 2.05) is 18.2 Å². The summed E-state index contributed by atoms with van der Waals surface area (Å²) in [5, 5.41) is 32.9. The van der Waals surface area contributed by atoms with Crippen LogP contribution in [-0.4, -0.2) is 16.2 Å². The van der Waals surface area contributed by atoms with Gasteiger partial charge in [-0.3, -0.25) is 0 Å². The van der Waals surface area contributed by atoms with Crippen molar-refractivity contribution in [3.8, 4) is 0 Å². The van der Waals surface area contributed by atoms with Crippen LogP contribution in [0.1, 0.15) is 11.1 Å². The molecule has 0 saturated carbocycles. The summed E-state index contributed by atoms with van der Waals surface area (Å²) in [5.74, 6) is -2.31. The fraction of sp³-hybridized carbons (Fsp3) is 0.133. The number of hydrogen-bond donors (Lipinski definition) is 2. The summed E-state index contributed by atoms with van der Waals surface area (Å²) in [7, 11) is 0. The fourth-order valence-corrected chi connectivity index (χ4v) is 2.60. The molecule has 96 valence electrons. The number of rotatable bonds is 1. The first-order chi connectivity index (χ1) is 9.05. The zero-order valence-corrected chi connectivity index (χ0v) is 9.96. The standard InChI is InChI=1S/C15H12O4/c16-12-8-7-10-6-5-9-3-1-2-4-11(9)13(10)15(12,19)14(17)18/h1-6,8,16,19H,7H2,(H,17,18)/p-1. The molecule has 0 spiro atoms. The van der Waals surface area contributed by atoms with Crippen molar-refractivity contribution in [3.05, 3.63) is 59.4 Å². The summed E-state index contributed by atoms with van der Waals surface area (Å²) in [6.45, 7) is 0. The van der Waals surface area contributed by atoms with Crippen molar-refractivity contribution in [2.24, 2.45) is 0 Å². The van der Waals surface area contributed by atoms with Crippen LogP contribution in [0.3, 0.4) is 0 Å². The molecule has 4 nitrogen and oxygen atoms in total. The molecule has 1 unspecified atom stereocenters. The summed E-state index contributed by atoms with van der Waals surface area (Å²) < 4.78 is 0. The van der Waals surface area contributed by atoms with Crippen molar-refractivity contribution in [2.45, 2.75) is 12.0 Å². The van der Waals surface area contributed by atoms with Gasteiger partial charge in [-0.1, -0.05) is 36.4 Å². The first-order valence-electron chi connectivity index (χ1n) is 5.89. The Bertz CT molecular complexity index is 717. The molecule has 0 aromatic heterocycles. The topological polar surface area (TPSA) is 80.6 Å². The summed E-state index contributed by atoms with van der Waals surface area (Å²) in [6, 6.07) is 10.7. The molecule has 4 heteroatoms. The van der Waals surface area contributed by atoms with Gasteiger partial charge in [-0.05, 0) is 28.8 Å². The van der Waals surface area contributed by atoms with Gasteiger partial charge in [0.1, 0.15) is 5.76 Å². The van der Waals surface area contributed by atoms with Gasteiger partial charge in [0.25, 0.3) is 0 Å². The average molecular weight is 255 g/mol. The molecular weight excluding hydrogens is 244 g/mol. The van der Waals surface area contributed by atoms with E-state index in [4.69, 9.17) is 0 Å². The van der Waals surface area contributed by atoms with Gasteiger partial charge in [0.15, 0.2) is 5.60 Å². The number of fused-ring (bicyclic) bond motifs is 3. The zero-order valence-electron chi connectivity index (χ0n) is 9.96. The Morgan fingerprint density at radius 3 is 2.68 bits per heavy atom. The Kier molecular flexibility index (Phi) is 2.37. The van der Waals surface area contributed by atoms with Gasteiger partial charge in [-0.25, -0.2) is 0 Å². The number of aliphatic carboxylic acids is 1. The molecule has 0 amide bonds. The van der Waals surface area contributed by atoms with Gasteiger partial charge in [0.05, 0.1) is 5.97 Å². The Hall–Kier alpha value is -2.33. The second kappa shape index (κ2) is 3.83. The smallest absolute Gasteiger partial charge is 0.187 e. The van der Waals surface area contributed by atoms with Crippen LogP contribution in [-0.2, 0) is 16.8 Å². The van der Waals surface area contributed by atoms with Crippen molar-refractivity contribution in [2.75, 3.05) is 0 Å². The third kappa shape index (κ3) is 1.47. The van der Waals surface area contributed by atoms with E-state index >= 15 is 0 Å². The lowest BCUT2D eigenvalue weighted by Crippen LogP contribution is -2.49. The van der Waals surface area contributed by atoms with E-state index in [0.717, 1.165) is 5.39 Å². The third-order valence-corrected chi connectivity index (χ3v) is 3.56. The second-order valence-corrected chi connectivity index (χ2v) is 4.61. The van der Waals surface area contributed by atoms with Gasteiger partial charge < -0.3 is 20.1 Å². The first kappa shape index (κ1) is 11.7. The van der Waals surface area contributed by atoms with E-state index in [2.05, 4.69) is 0 Å². The van der Waals surface area contributed by atoms with Crippen LogP contribution in [0.4, 0.5) is 0 Å². The highest BCUT2D eigenvalue weighted by atomic mass is 16.4. The van der Waals surface area contributed by atoms with Crippen molar-refractivity contribution in [3.63, 3.8) is 0 Å². The van der Waals surface area contributed by atoms with Crippen LogP contribution in [0.15, 0.2) is 48.2 Å². The molecule has 2 aromatic carbocycles. The number of allylic oxidation sites excluding steroid dienone is 1. The zero-order chi connectivity index (χ0) is 13.6. The maximum atomic E-state index is 11.3. The van der Waals surface area contributed by atoms with Gasteiger partial charge >= 0.3 is 0 Å². The SMILES string of the molecule is O=C([O-])C1(O)C(O)=CCc2ccc3ccccc3c21. The number of hydrogen-bond acceptors (Lipinski definition) is 4. The highest BCUT2D eigenvalue weighted by Gasteiger charge is 2.41. The molecule has 0 bridgehead atoms. The maximum Gasteiger partial charge on any atom is 0.187 e. The number of aliphatic hydroxyl groups excluding tert-OH is 1. The first-order valence-corrected chi connectivity index (χ1v) is 5.89. The van der Waals surface area contributed by atoms with E-state index < -0.39 is 17.3 Å². The van der Waals surface area contributed by atoms with E-state index in [9.17, 15) is 20.1 Å². The van der Waals surface area contributed by atoms with Gasteiger partial charge in [0.2, 0.25) is 0 Å². The van der Waals surface area contributed by atoms with Crippen LogP contribution in [0, 0.1) is 0 Å². The largest absolute Gasteiger partial charge is 0.546 e. The lowest BCUT2D eigenvalue weighted by molar-refractivity contribution is -0.324. The summed E-state index contributed by atoms with van der Waals surface area (Å²) >= 11 is 0. The van der Waals surface area contributed by atoms with Gasteiger partial charge in [-0.2, -0.15) is 0 Å². The Balaban J connectivity index is 2.44. The van der Waals surface area contributed by atoms with Crippen molar-refractivity contribution in [1.82, 2.24) is 0 Å². The number of carboxylic acids is 1. The normalized spacial score (nSPS) is 21.8. The van der Waals surface area contributed by atoms with E-state index in [1.54, 1.807) is 18.2 Å². The number of aliphatic hydroxyl groups is 2. The predicted molar refractivity (Wildman–Crippen MR) is 67.3 cm³/mol. The van der Waals surface area contributed by atoms with E-state index in [0.29, 0.717) is 17.4 Å². The van der Waals surface area contributed by atoms with Crippen molar-refractivity contribution in [1.29, 1.82) is 0 Å². The molecule has 1 aliphatic rings. The van der Waals surface area contributed by atoms with Crippen LogP contribution in [0.25, 0.3) is 10.8 Å². The maximum absolute atomic E-state index is 11.3. The van der Waals surface area contributed by atoms with E-state index in [1.165, 1.54) is 6.08 Å². The van der Waals surface area contributed by atoms with Crippen molar-refractivity contribution < 1.29 is 20.1 Å². The monoisotopic (exact) mass is 255 g/mol. The molecule has 0 fully saturated rings. The fourth-order valence-electron chi connectivity index (χ4n) is 2.60. The molecule has 0 heterocycles. The molecule has 3 rings (SSSR count). The molecule has 1 atom stereocenters. The number of benzene rings is 2. The number of carbonyl (C=O) groups is 1. The molecule has 2 N–H and O–H groups in total. The van der Waals surface area contributed by atoms with Crippen LogP contribution < -0.4 is 5.11 Å². The van der Waals surface area contributed by atoms with Gasteiger partial charge in [-0.15, -0.1) is 0 Å². The highest BCUT2D eigenvalue weighted by molar-refractivity contribution is 5.94. The minimum absolute atomic E-state index is 0.200. The lowest BCUT2D eigenvalue weighted by Gasteiger charge is -2.34. The Labute approximate surface area is 109 Å². The summed E-state index contributed by atoms with van der Waals surface area (Å²) in [4.78, 5) is 11.3. The average Bonchev–Trinajstić information content (AvgIpc) is 2.42. The molecular formula is C15H11O4-. The summed E-state index contributed by atoms with van der Waals surface area (Å²) in [5.41, 5.74) is -1.61. The van der Waals surface area contributed by atoms with Crippen LogP contribution in [0.5, 0.6) is 0 Å². The second-order valence-electron chi connectivity index (χ2n) is 4.61.